The minimum atomic E-state index is 1.02. The number of rotatable bonds is 6. The minimum absolute atomic E-state index is 1.02. The molecule has 0 aliphatic rings. The van der Waals surface area contributed by atoms with Gasteiger partial charge < -0.3 is 0 Å². The molecule has 0 radical (unpaired) electrons. The van der Waals surface area contributed by atoms with Crippen LogP contribution in [0.4, 0.5) is 5.69 Å². The van der Waals surface area contributed by atoms with Gasteiger partial charge in [-0.25, -0.2) is 0 Å². The Morgan fingerprint density at radius 1 is 0.288 bits per heavy atom. The highest BCUT2D eigenvalue weighted by Gasteiger charge is 2.20. The Hall–Kier alpha value is -6.90. The van der Waals surface area contributed by atoms with Crippen molar-refractivity contribution in [2.24, 2.45) is 0 Å². The van der Waals surface area contributed by atoms with E-state index in [9.17, 15) is 0 Å². The van der Waals surface area contributed by atoms with E-state index < -0.39 is 0 Å². The molecule has 1 N–H and O–H groups in total. The molecule has 2 nitrogen and oxygen atoms in total. The lowest BCUT2D eigenvalue weighted by Crippen LogP contribution is -2.09. The van der Waals surface area contributed by atoms with Crippen molar-refractivity contribution in [3.63, 3.8) is 0 Å². The SMILES string of the molecule is c1ccc(-c2ccc3c4ccccc4n(Nc4ccc(-c5c6ccccc6c(-c6ccccc6)c6ccccc56)cc4)c3c2-c2ccccc2)cc1. The van der Waals surface area contributed by atoms with Gasteiger partial charge >= 0.3 is 0 Å². The van der Waals surface area contributed by atoms with Gasteiger partial charge in [-0.05, 0) is 78.7 Å². The summed E-state index contributed by atoms with van der Waals surface area (Å²) in [5.41, 5.74) is 16.9. The van der Waals surface area contributed by atoms with Gasteiger partial charge in [0.25, 0.3) is 0 Å². The van der Waals surface area contributed by atoms with Gasteiger partial charge in [-0.15, -0.1) is 0 Å². The first kappa shape index (κ1) is 30.0. The van der Waals surface area contributed by atoms with Crippen LogP contribution < -0.4 is 5.43 Å². The van der Waals surface area contributed by atoms with Crippen LogP contribution >= 0.6 is 0 Å². The van der Waals surface area contributed by atoms with Crippen LogP contribution in [0.1, 0.15) is 0 Å². The Morgan fingerprint density at radius 2 is 0.712 bits per heavy atom. The molecule has 52 heavy (non-hydrogen) atoms. The molecule has 0 atom stereocenters. The van der Waals surface area contributed by atoms with Crippen molar-refractivity contribution in [3.8, 4) is 44.5 Å². The number of hydrogen-bond donors (Lipinski definition) is 1. The molecular formula is C50H34N2. The molecular weight excluding hydrogens is 629 g/mol. The number of anilines is 1. The van der Waals surface area contributed by atoms with Gasteiger partial charge in [0.1, 0.15) is 0 Å². The van der Waals surface area contributed by atoms with Gasteiger partial charge in [0, 0.05) is 16.3 Å². The topological polar surface area (TPSA) is 17.0 Å². The number of benzene rings is 9. The first-order valence-corrected chi connectivity index (χ1v) is 17.9. The zero-order chi connectivity index (χ0) is 34.4. The van der Waals surface area contributed by atoms with E-state index in [1.54, 1.807) is 0 Å². The van der Waals surface area contributed by atoms with Gasteiger partial charge in [0.15, 0.2) is 0 Å². The van der Waals surface area contributed by atoms with Crippen molar-refractivity contribution in [2.45, 2.75) is 0 Å². The maximum atomic E-state index is 3.86. The maximum absolute atomic E-state index is 3.86. The normalized spacial score (nSPS) is 11.5. The van der Waals surface area contributed by atoms with E-state index in [4.69, 9.17) is 0 Å². The molecule has 10 rings (SSSR count). The summed E-state index contributed by atoms with van der Waals surface area (Å²) in [5, 5.41) is 7.47. The average molecular weight is 663 g/mol. The Labute approximate surface area is 302 Å². The van der Waals surface area contributed by atoms with E-state index in [-0.39, 0.29) is 0 Å². The lowest BCUT2D eigenvalue weighted by molar-refractivity contribution is 1.06. The zero-order valence-corrected chi connectivity index (χ0v) is 28.5. The van der Waals surface area contributed by atoms with Gasteiger partial charge in [0.2, 0.25) is 0 Å². The summed E-state index contributed by atoms with van der Waals surface area (Å²) >= 11 is 0. The predicted molar refractivity (Wildman–Crippen MR) is 222 cm³/mol. The molecule has 9 aromatic carbocycles. The zero-order valence-electron chi connectivity index (χ0n) is 28.5. The molecule has 1 aromatic heterocycles. The number of hydrogen-bond acceptors (Lipinski definition) is 1. The van der Waals surface area contributed by atoms with Gasteiger partial charge in [-0.2, -0.15) is 0 Å². The quantitative estimate of drug-likeness (QED) is 0.175. The highest BCUT2D eigenvalue weighted by atomic mass is 15.4. The smallest absolute Gasteiger partial charge is 0.0794 e. The third-order valence-corrected chi connectivity index (χ3v) is 10.4. The second-order valence-electron chi connectivity index (χ2n) is 13.4. The molecule has 0 unspecified atom stereocenters. The van der Waals surface area contributed by atoms with E-state index >= 15 is 0 Å². The fourth-order valence-corrected chi connectivity index (χ4v) is 8.12. The molecule has 244 valence electrons. The lowest BCUT2D eigenvalue weighted by atomic mass is 9.86. The van der Waals surface area contributed by atoms with Gasteiger partial charge in [-0.1, -0.05) is 182 Å². The third-order valence-electron chi connectivity index (χ3n) is 10.4. The van der Waals surface area contributed by atoms with Crippen LogP contribution in [0.25, 0.3) is 87.9 Å². The number of fused-ring (bicyclic) bond motifs is 5. The van der Waals surface area contributed by atoms with Crippen molar-refractivity contribution in [2.75, 3.05) is 5.43 Å². The van der Waals surface area contributed by atoms with E-state index in [0.717, 1.165) is 16.7 Å². The summed E-state index contributed by atoms with van der Waals surface area (Å²) in [4.78, 5) is 0. The fourth-order valence-electron chi connectivity index (χ4n) is 8.12. The summed E-state index contributed by atoms with van der Waals surface area (Å²) in [6, 6.07) is 72.1. The molecule has 0 spiro atoms. The van der Waals surface area contributed by atoms with Crippen molar-refractivity contribution in [3.05, 3.63) is 200 Å². The molecule has 2 heteroatoms. The first-order chi connectivity index (χ1) is 25.8. The van der Waals surface area contributed by atoms with Crippen molar-refractivity contribution >= 4 is 49.0 Å². The summed E-state index contributed by atoms with van der Waals surface area (Å²) in [7, 11) is 0. The van der Waals surface area contributed by atoms with E-state index in [0.29, 0.717) is 0 Å². The van der Waals surface area contributed by atoms with Crippen LogP contribution in [0.2, 0.25) is 0 Å². The number of para-hydroxylation sites is 1. The lowest BCUT2D eigenvalue weighted by Gasteiger charge is -2.19. The maximum Gasteiger partial charge on any atom is 0.0794 e. The first-order valence-electron chi connectivity index (χ1n) is 17.9. The summed E-state index contributed by atoms with van der Waals surface area (Å²) in [5.74, 6) is 0. The molecule has 0 amide bonds. The van der Waals surface area contributed by atoms with Crippen molar-refractivity contribution in [1.82, 2.24) is 4.68 Å². The highest BCUT2D eigenvalue weighted by Crippen LogP contribution is 2.45. The van der Waals surface area contributed by atoms with Crippen LogP contribution in [-0.4, -0.2) is 4.68 Å². The number of aromatic nitrogens is 1. The van der Waals surface area contributed by atoms with Gasteiger partial charge in [0.05, 0.1) is 16.7 Å². The summed E-state index contributed by atoms with van der Waals surface area (Å²) in [6.45, 7) is 0. The molecule has 1 heterocycles. The highest BCUT2D eigenvalue weighted by molar-refractivity contribution is 6.21. The molecule has 0 aliphatic carbocycles. The monoisotopic (exact) mass is 662 g/mol. The largest absolute Gasteiger partial charge is 0.294 e. The van der Waals surface area contributed by atoms with Gasteiger partial charge in [-0.3, -0.25) is 10.1 Å². The van der Waals surface area contributed by atoms with E-state index in [1.165, 1.54) is 76.8 Å². The molecule has 0 aliphatic heterocycles. The molecule has 0 bridgehead atoms. The Morgan fingerprint density at radius 3 is 1.25 bits per heavy atom. The minimum Gasteiger partial charge on any atom is -0.294 e. The van der Waals surface area contributed by atoms with Crippen molar-refractivity contribution in [1.29, 1.82) is 0 Å². The summed E-state index contributed by atoms with van der Waals surface area (Å²) < 4.78 is 2.29. The standard InChI is InChI=1S/C50H34N2/c1-4-16-34(17-5-1)39-32-33-45-40-22-14-15-27-46(40)52(50(45)49(39)36-20-8-3-9-21-36)51-38-30-28-37(29-31-38)48-43-25-12-10-23-41(43)47(35-18-6-2-7-19-35)42-24-11-13-26-44(42)48/h1-33,51H. The summed E-state index contributed by atoms with van der Waals surface area (Å²) in [6.07, 6.45) is 0. The van der Waals surface area contributed by atoms with Crippen LogP contribution in [0, 0.1) is 0 Å². The van der Waals surface area contributed by atoms with Crippen LogP contribution in [0.3, 0.4) is 0 Å². The van der Waals surface area contributed by atoms with Crippen molar-refractivity contribution < 1.29 is 0 Å². The number of nitrogens with one attached hydrogen (secondary N) is 1. The number of nitrogens with zero attached hydrogens (tertiary/aromatic N) is 1. The van der Waals surface area contributed by atoms with E-state index in [1.807, 2.05) is 0 Å². The second kappa shape index (κ2) is 12.5. The Kier molecular flexibility index (Phi) is 7.18. The average Bonchev–Trinajstić information content (AvgIpc) is 3.54. The molecule has 10 aromatic rings. The van der Waals surface area contributed by atoms with E-state index in [2.05, 4.69) is 210 Å². The fraction of sp³-hybridized carbons (Fsp3) is 0. The van der Waals surface area contributed by atoms with Crippen LogP contribution in [0.15, 0.2) is 200 Å². The van der Waals surface area contributed by atoms with Crippen LogP contribution in [-0.2, 0) is 0 Å². The second-order valence-corrected chi connectivity index (χ2v) is 13.4. The predicted octanol–water partition coefficient (Wildman–Crippen LogP) is 13.6. The molecule has 0 fully saturated rings. The molecule has 0 saturated heterocycles. The Bertz CT molecular complexity index is 2830. The van der Waals surface area contributed by atoms with Crippen LogP contribution in [0.5, 0.6) is 0 Å². The molecule has 0 saturated carbocycles. The Balaban J connectivity index is 1.15. The third kappa shape index (κ3) is 4.88.